The van der Waals surface area contributed by atoms with E-state index in [1.807, 2.05) is 0 Å². The maximum Gasteiger partial charge on any atom is 0.437 e. The van der Waals surface area contributed by atoms with Crippen molar-refractivity contribution in [2.45, 2.75) is 12.7 Å². The first-order chi connectivity index (χ1) is 17.1. The van der Waals surface area contributed by atoms with Gasteiger partial charge in [-0.2, -0.15) is 18.4 Å². The van der Waals surface area contributed by atoms with Gasteiger partial charge >= 0.3 is 6.18 Å². The van der Waals surface area contributed by atoms with Crippen LogP contribution in [0.15, 0.2) is 64.6 Å². The number of hydrogen-bond donors (Lipinski definition) is 1. The summed E-state index contributed by atoms with van der Waals surface area (Å²) in [6.07, 6.45) is -3.37. The second kappa shape index (κ2) is 9.63. The highest BCUT2D eigenvalue weighted by molar-refractivity contribution is 6.30. The minimum atomic E-state index is -5.05. The number of aromatic nitrogens is 4. The van der Waals surface area contributed by atoms with Crippen LogP contribution in [0.2, 0.25) is 5.02 Å². The van der Waals surface area contributed by atoms with Crippen LogP contribution < -0.4 is 15.9 Å². The van der Waals surface area contributed by atoms with Crippen LogP contribution in [0.3, 0.4) is 0 Å². The molecule has 0 amide bonds. The molecule has 0 spiro atoms. The number of nitrogens with one attached hydrogen (secondary N) is 1. The minimum Gasteiger partial charge on any atom is -0.449 e. The van der Waals surface area contributed by atoms with Crippen molar-refractivity contribution >= 4 is 11.6 Å². The number of H-pyrrole nitrogens is 1. The van der Waals surface area contributed by atoms with E-state index in [1.54, 1.807) is 12.1 Å². The predicted molar refractivity (Wildman–Crippen MR) is 119 cm³/mol. The Morgan fingerprint density at radius 2 is 1.89 bits per heavy atom. The Hall–Kier alpha value is -4.50. The zero-order valence-electron chi connectivity index (χ0n) is 17.8. The van der Waals surface area contributed by atoms with Gasteiger partial charge < -0.3 is 9.72 Å². The predicted octanol–water partition coefficient (Wildman–Crippen LogP) is 4.52. The zero-order chi connectivity index (χ0) is 26.0. The lowest BCUT2D eigenvalue weighted by Gasteiger charge is -2.15. The van der Waals surface area contributed by atoms with E-state index in [-0.39, 0.29) is 33.3 Å². The first-order valence-corrected chi connectivity index (χ1v) is 10.3. The number of alkyl halides is 3. The second-order valence-corrected chi connectivity index (χ2v) is 7.75. The molecule has 4 aromatic rings. The summed E-state index contributed by atoms with van der Waals surface area (Å²) in [6, 6.07) is 10.8. The molecule has 0 bridgehead atoms. The van der Waals surface area contributed by atoms with Gasteiger partial charge in [0.05, 0.1) is 35.6 Å². The van der Waals surface area contributed by atoms with Crippen molar-refractivity contribution in [1.82, 2.24) is 19.5 Å². The number of benzene rings is 2. The fraction of sp³-hybridized carbons (Fsp3) is 0.0870. The Balaban J connectivity index is 1.74. The quantitative estimate of drug-likeness (QED) is 0.389. The summed E-state index contributed by atoms with van der Waals surface area (Å²) in [6.45, 7) is -0.515. The van der Waals surface area contributed by atoms with Crippen molar-refractivity contribution in [2.24, 2.45) is 0 Å². The van der Waals surface area contributed by atoms with E-state index < -0.39 is 41.1 Å². The van der Waals surface area contributed by atoms with Crippen molar-refractivity contribution < 1.29 is 22.3 Å². The summed E-state index contributed by atoms with van der Waals surface area (Å²) >= 11 is 5.87. The standard InChI is InChI=1S/C23H12ClF4N5O3/c24-14-5-12(8-29)6-15(7-14)36-18-19(23(26,27)28)31-11-33(22(18)35)10-13-9-30-20(32-21(13)34)16-3-1-2-4-17(16)25/h1-7,9,11H,10H2,(H,30,32,34). The molecular weight excluding hydrogens is 506 g/mol. The van der Waals surface area contributed by atoms with Crippen LogP contribution in [0.5, 0.6) is 11.5 Å². The van der Waals surface area contributed by atoms with Crippen molar-refractivity contribution in [2.75, 3.05) is 0 Å². The Bertz CT molecular complexity index is 1630. The molecule has 8 nitrogen and oxygen atoms in total. The number of ether oxygens (including phenoxy) is 1. The number of nitrogens with zero attached hydrogens (tertiary/aromatic N) is 4. The third-order valence-corrected chi connectivity index (χ3v) is 5.05. The van der Waals surface area contributed by atoms with E-state index in [0.29, 0.717) is 6.33 Å². The van der Waals surface area contributed by atoms with Crippen LogP contribution in [0.4, 0.5) is 17.6 Å². The molecule has 13 heteroatoms. The van der Waals surface area contributed by atoms with Gasteiger partial charge in [-0.1, -0.05) is 23.7 Å². The van der Waals surface area contributed by atoms with E-state index in [2.05, 4.69) is 15.0 Å². The number of halogens is 5. The van der Waals surface area contributed by atoms with Crippen molar-refractivity contribution in [3.8, 4) is 29.0 Å². The molecule has 0 saturated carbocycles. The average Bonchev–Trinajstić information content (AvgIpc) is 2.82. The molecule has 0 aliphatic carbocycles. The lowest BCUT2D eigenvalue weighted by molar-refractivity contribution is -0.142. The SMILES string of the molecule is N#Cc1cc(Cl)cc(Oc2c(C(F)(F)F)ncn(Cc3cnc(-c4ccccc4F)[nH]c3=O)c2=O)c1. The molecule has 1 N–H and O–H groups in total. The Kier molecular flexibility index (Phi) is 6.59. The van der Waals surface area contributed by atoms with Gasteiger partial charge in [0.2, 0.25) is 5.75 Å². The lowest BCUT2D eigenvalue weighted by Crippen LogP contribution is -2.28. The van der Waals surface area contributed by atoms with Crippen LogP contribution >= 0.6 is 11.6 Å². The van der Waals surface area contributed by atoms with Gasteiger partial charge in [0.15, 0.2) is 5.69 Å². The van der Waals surface area contributed by atoms with Gasteiger partial charge in [-0.15, -0.1) is 0 Å². The van der Waals surface area contributed by atoms with Gasteiger partial charge in [0.25, 0.3) is 11.1 Å². The van der Waals surface area contributed by atoms with E-state index >= 15 is 0 Å². The molecule has 0 atom stereocenters. The highest BCUT2D eigenvalue weighted by atomic mass is 35.5. The van der Waals surface area contributed by atoms with Gasteiger partial charge in [-0.25, -0.2) is 14.4 Å². The van der Waals surface area contributed by atoms with Crippen LogP contribution in [0.1, 0.15) is 16.8 Å². The first kappa shape index (κ1) is 24.6. The highest BCUT2D eigenvalue weighted by Crippen LogP contribution is 2.35. The second-order valence-electron chi connectivity index (χ2n) is 7.31. The van der Waals surface area contributed by atoms with Gasteiger partial charge in [-0.05, 0) is 30.3 Å². The fourth-order valence-electron chi connectivity index (χ4n) is 3.19. The third-order valence-electron chi connectivity index (χ3n) is 4.83. The average molecular weight is 518 g/mol. The number of hydrogen-bond acceptors (Lipinski definition) is 6. The molecular formula is C23H12ClF4N5O3. The topological polar surface area (TPSA) is 114 Å². The van der Waals surface area contributed by atoms with E-state index in [1.165, 1.54) is 24.3 Å². The molecule has 0 fully saturated rings. The maximum atomic E-state index is 14.0. The fourth-order valence-corrected chi connectivity index (χ4v) is 3.41. The van der Waals surface area contributed by atoms with Crippen molar-refractivity contribution in [1.29, 1.82) is 5.26 Å². The van der Waals surface area contributed by atoms with Crippen LogP contribution in [0, 0.1) is 17.1 Å². The van der Waals surface area contributed by atoms with Crippen LogP contribution in [-0.2, 0) is 12.7 Å². The molecule has 4 rings (SSSR count). The van der Waals surface area contributed by atoms with Crippen LogP contribution in [-0.4, -0.2) is 19.5 Å². The molecule has 0 saturated heterocycles. The smallest absolute Gasteiger partial charge is 0.437 e. The Morgan fingerprint density at radius 3 is 2.56 bits per heavy atom. The van der Waals surface area contributed by atoms with E-state index in [9.17, 15) is 27.2 Å². The van der Waals surface area contributed by atoms with Gasteiger partial charge in [0, 0.05) is 11.2 Å². The molecule has 2 aromatic carbocycles. The summed E-state index contributed by atoms with van der Waals surface area (Å²) in [5.41, 5.74) is -3.70. The molecule has 36 heavy (non-hydrogen) atoms. The van der Waals surface area contributed by atoms with Crippen LogP contribution in [0.25, 0.3) is 11.4 Å². The van der Waals surface area contributed by atoms with Crippen molar-refractivity contribution in [3.63, 3.8) is 0 Å². The van der Waals surface area contributed by atoms with Crippen molar-refractivity contribution in [3.05, 3.63) is 103 Å². The summed E-state index contributed by atoms with van der Waals surface area (Å²) < 4.78 is 60.6. The Morgan fingerprint density at radius 1 is 1.14 bits per heavy atom. The highest BCUT2D eigenvalue weighted by Gasteiger charge is 2.38. The molecule has 0 radical (unpaired) electrons. The minimum absolute atomic E-state index is 0.00521. The largest absolute Gasteiger partial charge is 0.449 e. The molecule has 0 aliphatic rings. The summed E-state index contributed by atoms with van der Waals surface area (Å²) in [4.78, 5) is 35.2. The van der Waals surface area contributed by atoms with Gasteiger partial charge in [-0.3, -0.25) is 14.2 Å². The number of aromatic amines is 1. The molecule has 0 aliphatic heterocycles. The third kappa shape index (κ3) is 5.11. The number of rotatable bonds is 5. The maximum absolute atomic E-state index is 14.0. The molecule has 2 aromatic heterocycles. The van der Waals surface area contributed by atoms with E-state index in [0.717, 1.165) is 22.9 Å². The number of nitriles is 1. The molecule has 2 heterocycles. The summed E-state index contributed by atoms with van der Waals surface area (Å²) in [7, 11) is 0. The summed E-state index contributed by atoms with van der Waals surface area (Å²) in [5, 5.41) is 9.05. The first-order valence-electron chi connectivity index (χ1n) is 9.95. The van der Waals surface area contributed by atoms with E-state index in [4.69, 9.17) is 21.6 Å². The summed E-state index contributed by atoms with van der Waals surface area (Å²) in [5.74, 6) is -2.17. The zero-order valence-corrected chi connectivity index (χ0v) is 18.6. The molecule has 0 unspecified atom stereocenters. The molecule has 182 valence electrons. The monoisotopic (exact) mass is 517 g/mol. The van der Waals surface area contributed by atoms with Gasteiger partial charge in [0.1, 0.15) is 17.4 Å². The normalized spacial score (nSPS) is 11.2. The Labute approximate surface area is 204 Å². The lowest BCUT2D eigenvalue weighted by atomic mass is 10.2.